The summed E-state index contributed by atoms with van der Waals surface area (Å²) >= 11 is 0. The fraction of sp³-hybridized carbons (Fsp3) is 0.423. The molecule has 1 atom stereocenters. The molecule has 0 aliphatic heterocycles. The molecular formula is C26H34O6. The normalized spacial score (nSPS) is 11.8. The molecule has 0 aliphatic rings. The average molecular weight is 443 g/mol. The van der Waals surface area contributed by atoms with E-state index in [1.807, 2.05) is 30.3 Å². The number of hydrogen-bond acceptors (Lipinski definition) is 6. The molecule has 6 nitrogen and oxygen atoms in total. The number of ketones is 1. The standard InChI is InChI=1S/C26H34O6/c1-4-17-31-25(28)24(26(29)32-18-5-2)22(15-16-23(27)6-3)14-10-11-19-30-20-21-12-8-7-9-13-21/h4-5,7-9,12-13,15-16,22,24H,1-2,6,10-11,14,17-20H2,3H3/b16-15+/t22-/m0/s1. The molecular weight excluding hydrogens is 408 g/mol. The Bertz CT molecular complexity index is 729. The summed E-state index contributed by atoms with van der Waals surface area (Å²) in [5.74, 6) is -3.18. The minimum absolute atomic E-state index is 0.0122. The summed E-state index contributed by atoms with van der Waals surface area (Å²) in [4.78, 5) is 37.0. The first kappa shape index (κ1) is 27.0. The van der Waals surface area contributed by atoms with E-state index in [2.05, 4.69) is 13.2 Å². The molecule has 0 bridgehead atoms. The molecule has 0 unspecified atom stereocenters. The lowest BCUT2D eigenvalue weighted by molar-refractivity contribution is -0.163. The molecule has 32 heavy (non-hydrogen) atoms. The first-order valence-electron chi connectivity index (χ1n) is 10.9. The van der Waals surface area contributed by atoms with E-state index in [1.54, 1.807) is 13.0 Å². The van der Waals surface area contributed by atoms with E-state index in [0.717, 1.165) is 12.0 Å². The Labute approximate surface area is 190 Å². The second kappa shape index (κ2) is 16.7. The summed E-state index contributed by atoms with van der Waals surface area (Å²) in [5.41, 5.74) is 1.10. The monoisotopic (exact) mass is 442 g/mol. The van der Waals surface area contributed by atoms with Gasteiger partial charge in [-0.25, -0.2) is 0 Å². The highest BCUT2D eigenvalue weighted by atomic mass is 16.6. The van der Waals surface area contributed by atoms with Gasteiger partial charge in [0.25, 0.3) is 0 Å². The number of carbonyl (C=O) groups excluding carboxylic acids is 3. The van der Waals surface area contributed by atoms with Gasteiger partial charge in [-0.2, -0.15) is 0 Å². The van der Waals surface area contributed by atoms with Crippen molar-refractivity contribution in [1.29, 1.82) is 0 Å². The first-order valence-corrected chi connectivity index (χ1v) is 10.9. The topological polar surface area (TPSA) is 78.9 Å². The largest absolute Gasteiger partial charge is 0.461 e. The number of rotatable bonds is 17. The van der Waals surface area contributed by atoms with Crippen LogP contribution in [0.15, 0.2) is 67.8 Å². The van der Waals surface area contributed by atoms with Crippen LogP contribution in [0.25, 0.3) is 0 Å². The van der Waals surface area contributed by atoms with Gasteiger partial charge in [0.1, 0.15) is 13.2 Å². The molecule has 0 saturated heterocycles. The molecule has 0 spiro atoms. The van der Waals surface area contributed by atoms with E-state index in [-0.39, 0.29) is 19.0 Å². The second-order valence-corrected chi connectivity index (χ2v) is 7.19. The van der Waals surface area contributed by atoms with Crippen LogP contribution in [0.5, 0.6) is 0 Å². The van der Waals surface area contributed by atoms with Gasteiger partial charge in [-0.3, -0.25) is 14.4 Å². The van der Waals surface area contributed by atoms with Crippen molar-refractivity contribution in [2.45, 2.75) is 39.2 Å². The molecule has 1 rings (SSSR count). The minimum atomic E-state index is -1.17. The van der Waals surface area contributed by atoms with Gasteiger partial charge in [0.15, 0.2) is 11.7 Å². The van der Waals surface area contributed by atoms with Crippen molar-refractivity contribution >= 4 is 17.7 Å². The number of hydrogen-bond donors (Lipinski definition) is 0. The van der Waals surface area contributed by atoms with E-state index < -0.39 is 23.8 Å². The van der Waals surface area contributed by atoms with Crippen LogP contribution in [0, 0.1) is 11.8 Å². The molecule has 174 valence electrons. The molecule has 1 aromatic carbocycles. The zero-order chi connectivity index (χ0) is 23.6. The maximum atomic E-state index is 12.6. The molecule has 6 heteroatoms. The Morgan fingerprint density at radius 1 is 0.969 bits per heavy atom. The number of unbranched alkanes of at least 4 members (excludes halogenated alkanes) is 1. The van der Waals surface area contributed by atoms with E-state index in [0.29, 0.717) is 32.5 Å². The Hall–Kier alpha value is -2.99. The van der Waals surface area contributed by atoms with Crippen molar-refractivity contribution in [3.8, 4) is 0 Å². The number of esters is 2. The van der Waals surface area contributed by atoms with Crippen LogP contribution in [0.2, 0.25) is 0 Å². The van der Waals surface area contributed by atoms with E-state index >= 15 is 0 Å². The van der Waals surface area contributed by atoms with Gasteiger partial charge in [-0.1, -0.05) is 75.1 Å². The molecule has 0 aromatic heterocycles. The molecule has 1 aromatic rings. The van der Waals surface area contributed by atoms with Gasteiger partial charge < -0.3 is 14.2 Å². The third-order valence-corrected chi connectivity index (χ3v) is 4.69. The SMILES string of the molecule is C=CCOC(=O)C(C(=O)OCC=C)[C@H](/C=C/C(=O)CC)CCCCOCc1ccccc1. The van der Waals surface area contributed by atoms with Crippen molar-refractivity contribution in [1.82, 2.24) is 0 Å². The van der Waals surface area contributed by atoms with Gasteiger partial charge in [0.05, 0.1) is 6.61 Å². The van der Waals surface area contributed by atoms with Crippen LogP contribution in [0.3, 0.4) is 0 Å². The van der Waals surface area contributed by atoms with Crippen LogP contribution in [0.4, 0.5) is 0 Å². The fourth-order valence-corrected chi connectivity index (χ4v) is 2.98. The fourth-order valence-electron chi connectivity index (χ4n) is 2.98. The van der Waals surface area contributed by atoms with Crippen molar-refractivity contribution in [2.24, 2.45) is 11.8 Å². The summed E-state index contributed by atoms with van der Waals surface area (Å²) in [6.45, 7) is 9.85. The van der Waals surface area contributed by atoms with Crippen molar-refractivity contribution in [3.05, 3.63) is 73.4 Å². The quantitative estimate of drug-likeness (QED) is 0.115. The van der Waals surface area contributed by atoms with Gasteiger partial charge >= 0.3 is 11.9 Å². The second-order valence-electron chi connectivity index (χ2n) is 7.19. The molecule has 0 aliphatic carbocycles. The van der Waals surface area contributed by atoms with Crippen LogP contribution >= 0.6 is 0 Å². The van der Waals surface area contributed by atoms with E-state index in [4.69, 9.17) is 14.2 Å². The molecule has 0 N–H and O–H groups in total. The van der Waals surface area contributed by atoms with Crippen LogP contribution in [0.1, 0.15) is 38.2 Å². The minimum Gasteiger partial charge on any atom is -0.461 e. The first-order chi connectivity index (χ1) is 15.5. The van der Waals surface area contributed by atoms with Crippen LogP contribution < -0.4 is 0 Å². The summed E-state index contributed by atoms with van der Waals surface area (Å²) in [5, 5.41) is 0. The summed E-state index contributed by atoms with van der Waals surface area (Å²) in [6.07, 6.45) is 8.18. The molecule has 0 saturated carbocycles. The maximum absolute atomic E-state index is 12.6. The van der Waals surface area contributed by atoms with E-state index in [1.165, 1.54) is 18.2 Å². The highest BCUT2D eigenvalue weighted by Crippen LogP contribution is 2.24. The summed E-state index contributed by atoms with van der Waals surface area (Å²) in [7, 11) is 0. The Morgan fingerprint density at radius 2 is 1.59 bits per heavy atom. The van der Waals surface area contributed by atoms with Gasteiger partial charge in [0, 0.05) is 18.9 Å². The lowest BCUT2D eigenvalue weighted by Crippen LogP contribution is -2.34. The zero-order valence-electron chi connectivity index (χ0n) is 18.9. The van der Waals surface area contributed by atoms with Crippen molar-refractivity contribution in [3.63, 3.8) is 0 Å². The predicted molar refractivity (Wildman–Crippen MR) is 124 cm³/mol. The number of allylic oxidation sites excluding steroid dienone is 2. The third-order valence-electron chi connectivity index (χ3n) is 4.69. The highest BCUT2D eigenvalue weighted by molar-refractivity contribution is 5.96. The molecule has 0 fully saturated rings. The van der Waals surface area contributed by atoms with Gasteiger partial charge in [0.2, 0.25) is 0 Å². The predicted octanol–water partition coefficient (Wildman–Crippen LogP) is 4.60. The maximum Gasteiger partial charge on any atom is 0.321 e. The lowest BCUT2D eigenvalue weighted by Gasteiger charge is -2.22. The summed E-state index contributed by atoms with van der Waals surface area (Å²) in [6, 6.07) is 9.88. The van der Waals surface area contributed by atoms with E-state index in [9.17, 15) is 14.4 Å². The molecule has 0 heterocycles. The smallest absolute Gasteiger partial charge is 0.321 e. The Balaban J connectivity index is 2.77. The Kier molecular flexibility index (Phi) is 14.1. The number of carbonyl (C=O) groups is 3. The van der Waals surface area contributed by atoms with Crippen molar-refractivity contribution < 1.29 is 28.6 Å². The van der Waals surface area contributed by atoms with Crippen LogP contribution in [-0.4, -0.2) is 37.5 Å². The van der Waals surface area contributed by atoms with Gasteiger partial charge in [-0.05, 0) is 24.5 Å². The molecule has 0 amide bonds. The van der Waals surface area contributed by atoms with Gasteiger partial charge in [-0.15, -0.1) is 0 Å². The third kappa shape index (κ3) is 10.9. The van der Waals surface area contributed by atoms with Crippen LogP contribution in [-0.2, 0) is 35.2 Å². The lowest BCUT2D eigenvalue weighted by atomic mass is 9.87. The summed E-state index contributed by atoms with van der Waals surface area (Å²) < 4.78 is 16.0. The van der Waals surface area contributed by atoms with Crippen molar-refractivity contribution in [2.75, 3.05) is 19.8 Å². The zero-order valence-corrected chi connectivity index (χ0v) is 18.9. The number of ether oxygens (including phenoxy) is 3. The Morgan fingerprint density at radius 3 is 2.16 bits per heavy atom. The number of benzene rings is 1. The average Bonchev–Trinajstić information content (AvgIpc) is 2.81. The molecule has 0 radical (unpaired) electrons. The highest BCUT2D eigenvalue weighted by Gasteiger charge is 2.36.